The molecule has 212 valence electrons. The van der Waals surface area contributed by atoms with E-state index < -0.39 is 12.1 Å². The molecule has 0 spiro atoms. The van der Waals surface area contributed by atoms with E-state index in [4.69, 9.17) is 18.9 Å². The maximum absolute atomic E-state index is 13.6. The number of nitrogens with one attached hydrogen (secondary N) is 2. The van der Waals surface area contributed by atoms with Gasteiger partial charge in [0.2, 0.25) is 0 Å². The number of carbonyl (C=O) groups is 2. The lowest BCUT2D eigenvalue weighted by molar-refractivity contribution is -0.123. The lowest BCUT2D eigenvalue weighted by Crippen LogP contribution is -2.45. The average Bonchev–Trinajstić information content (AvgIpc) is 3.57. The van der Waals surface area contributed by atoms with Crippen molar-refractivity contribution in [1.29, 1.82) is 0 Å². The number of carbonyl (C=O) groups excluding carboxylic acids is 2. The fourth-order valence-corrected chi connectivity index (χ4v) is 5.19. The van der Waals surface area contributed by atoms with E-state index in [2.05, 4.69) is 25.5 Å². The van der Waals surface area contributed by atoms with Gasteiger partial charge in [0.1, 0.15) is 46.9 Å². The van der Waals surface area contributed by atoms with E-state index in [1.165, 1.54) is 7.11 Å². The predicted molar refractivity (Wildman–Crippen MR) is 150 cm³/mol. The number of ether oxygens (including phenoxy) is 4. The van der Waals surface area contributed by atoms with Crippen molar-refractivity contribution in [3.8, 4) is 23.0 Å². The molecule has 4 bridgehead atoms. The van der Waals surface area contributed by atoms with Crippen LogP contribution in [0.15, 0.2) is 55.0 Å². The van der Waals surface area contributed by atoms with E-state index in [0.29, 0.717) is 41.7 Å². The highest BCUT2D eigenvalue weighted by Crippen LogP contribution is 2.31. The van der Waals surface area contributed by atoms with Gasteiger partial charge in [0.25, 0.3) is 11.8 Å². The number of benzene rings is 2. The lowest BCUT2D eigenvalue weighted by Gasteiger charge is -2.22. The third kappa shape index (κ3) is 5.28. The first-order valence-corrected chi connectivity index (χ1v) is 13.2. The van der Waals surface area contributed by atoms with Gasteiger partial charge in [0, 0.05) is 49.6 Å². The van der Waals surface area contributed by atoms with E-state index >= 15 is 0 Å². The van der Waals surface area contributed by atoms with Gasteiger partial charge in [-0.05, 0) is 30.3 Å². The minimum Gasteiger partial charge on any atom is -0.497 e. The Morgan fingerprint density at radius 1 is 1.00 bits per heavy atom. The highest BCUT2D eigenvalue weighted by atomic mass is 16.5. The molecule has 7 rings (SSSR count). The third-order valence-electron chi connectivity index (χ3n) is 7.29. The zero-order valence-electron chi connectivity index (χ0n) is 22.9. The predicted octanol–water partition coefficient (Wildman–Crippen LogP) is 2.06. The first-order chi connectivity index (χ1) is 19.9. The van der Waals surface area contributed by atoms with Crippen LogP contribution in [0, 0.1) is 0 Å². The molecule has 0 saturated carbocycles. The quantitative estimate of drug-likeness (QED) is 0.388. The molecule has 2 aromatic carbocycles. The van der Waals surface area contributed by atoms with Crippen LogP contribution in [0.1, 0.15) is 15.9 Å². The number of nitrogens with zero attached hydrogens (tertiary/aromatic N) is 4. The SMILES string of the molecule is COc1cc2cc(c1)C(=O)N[C@H]1CN(c3ncnc4c3ccn4C)C[C@@H]1Oc1ccc(c(OC)c1)CNC(=O)CO2. The van der Waals surface area contributed by atoms with Crippen molar-refractivity contribution in [3.63, 3.8) is 0 Å². The van der Waals surface area contributed by atoms with Gasteiger partial charge in [-0.15, -0.1) is 0 Å². The second kappa shape index (κ2) is 10.9. The van der Waals surface area contributed by atoms with Gasteiger partial charge in [-0.1, -0.05) is 0 Å². The van der Waals surface area contributed by atoms with Crippen LogP contribution in [0.25, 0.3) is 11.0 Å². The van der Waals surface area contributed by atoms with Crippen molar-refractivity contribution < 1.29 is 28.5 Å². The topological polar surface area (TPSA) is 129 Å². The molecular formula is C29H30N6O6. The summed E-state index contributed by atoms with van der Waals surface area (Å²) in [7, 11) is 5.01. The van der Waals surface area contributed by atoms with Crippen molar-refractivity contribution in [2.45, 2.75) is 18.7 Å². The van der Waals surface area contributed by atoms with Crippen LogP contribution in [0.3, 0.4) is 0 Å². The average molecular weight is 559 g/mol. The molecule has 3 aliphatic heterocycles. The van der Waals surface area contributed by atoms with E-state index in [1.807, 2.05) is 36.0 Å². The van der Waals surface area contributed by atoms with Gasteiger partial charge in [-0.3, -0.25) is 9.59 Å². The molecule has 2 atom stereocenters. The fourth-order valence-electron chi connectivity index (χ4n) is 5.19. The van der Waals surface area contributed by atoms with E-state index in [0.717, 1.165) is 22.4 Å². The Bertz CT molecular complexity index is 1620. The molecule has 0 unspecified atom stereocenters. The first kappa shape index (κ1) is 26.2. The van der Waals surface area contributed by atoms with E-state index in [1.54, 1.807) is 37.7 Å². The number of aromatic nitrogens is 3. The molecule has 4 aromatic rings. The maximum Gasteiger partial charge on any atom is 0.258 e. The molecule has 1 fully saturated rings. The van der Waals surface area contributed by atoms with Gasteiger partial charge in [-0.25, -0.2) is 9.97 Å². The number of rotatable bonds is 3. The van der Waals surface area contributed by atoms with Gasteiger partial charge in [-0.2, -0.15) is 0 Å². The third-order valence-corrected chi connectivity index (χ3v) is 7.29. The molecule has 5 heterocycles. The summed E-state index contributed by atoms with van der Waals surface area (Å²) in [5.41, 5.74) is 1.93. The van der Waals surface area contributed by atoms with Crippen LogP contribution in [-0.2, 0) is 18.4 Å². The first-order valence-electron chi connectivity index (χ1n) is 13.2. The normalized spacial score (nSPS) is 19.0. The Hall–Kier alpha value is -5.00. The summed E-state index contributed by atoms with van der Waals surface area (Å²) < 4.78 is 25.1. The Morgan fingerprint density at radius 3 is 2.71 bits per heavy atom. The molecule has 41 heavy (non-hydrogen) atoms. The number of amides is 2. The molecule has 2 N–H and O–H groups in total. The van der Waals surface area contributed by atoms with Crippen LogP contribution in [0.2, 0.25) is 0 Å². The summed E-state index contributed by atoms with van der Waals surface area (Å²) in [5, 5.41) is 6.89. The van der Waals surface area contributed by atoms with E-state index in [9.17, 15) is 9.59 Å². The molecule has 2 aromatic heterocycles. The van der Waals surface area contributed by atoms with Gasteiger partial charge in [0.05, 0.1) is 32.2 Å². The number of anilines is 1. The second-order valence-electron chi connectivity index (χ2n) is 9.94. The maximum atomic E-state index is 13.6. The largest absolute Gasteiger partial charge is 0.497 e. The van der Waals surface area contributed by atoms with Gasteiger partial charge < -0.3 is 39.0 Å². The Morgan fingerprint density at radius 2 is 1.88 bits per heavy atom. The van der Waals surface area contributed by atoms with Crippen molar-refractivity contribution in [2.24, 2.45) is 7.05 Å². The molecule has 0 radical (unpaired) electrons. The summed E-state index contributed by atoms with van der Waals surface area (Å²) in [6.45, 7) is 0.941. The minimum atomic E-state index is -0.417. The standard InChI is InChI=1S/C29H30N6O6/c1-34-7-6-22-27(34)31-16-32-28(22)35-13-23-25(14-35)41-19-5-4-17(24(11-19)39-3)12-30-26(36)15-40-21-9-18(29(37)33-23)8-20(10-21)38-2/h4-11,16,23,25H,12-15H2,1-3H3,(H,30,36)(H,33,37)/t23-,25-/m0/s1. The molecule has 12 heteroatoms. The minimum absolute atomic E-state index is 0.232. The number of hydrogen-bond acceptors (Lipinski definition) is 9. The summed E-state index contributed by atoms with van der Waals surface area (Å²) in [6, 6.07) is 11.9. The Balaban J connectivity index is 1.37. The molecule has 2 amide bonds. The van der Waals surface area contributed by atoms with Crippen molar-refractivity contribution >= 4 is 28.7 Å². The molecular weight excluding hydrogens is 528 g/mol. The monoisotopic (exact) mass is 558 g/mol. The molecule has 0 aliphatic carbocycles. The number of hydrogen-bond donors (Lipinski definition) is 2. The lowest BCUT2D eigenvalue weighted by atomic mass is 10.1. The van der Waals surface area contributed by atoms with Crippen LogP contribution in [0.5, 0.6) is 23.0 Å². The number of fused-ring (bicyclic) bond motifs is 8. The van der Waals surface area contributed by atoms with Crippen LogP contribution in [0.4, 0.5) is 5.82 Å². The highest BCUT2D eigenvalue weighted by Gasteiger charge is 2.37. The molecule has 3 aliphatic rings. The zero-order chi connectivity index (χ0) is 28.5. The van der Waals surface area contributed by atoms with E-state index in [-0.39, 0.29) is 25.0 Å². The molecule has 12 nitrogen and oxygen atoms in total. The second-order valence-corrected chi connectivity index (χ2v) is 9.94. The summed E-state index contributed by atoms with van der Waals surface area (Å²) in [4.78, 5) is 37.1. The highest BCUT2D eigenvalue weighted by molar-refractivity contribution is 5.95. The van der Waals surface area contributed by atoms with Crippen molar-refractivity contribution in [3.05, 3.63) is 66.1 Å². The summed E-state index contributed by atoms with van der Waals surface area (Å²) >= 11 is 0. The Kier molecular flexibility index (Phi) is 6.96. The fraction of sp³-hybridized carbons (Fsp3) is 0.310. The molecule has 1 saturated heterocycles. The van der Waals surface area contributed by atoms with Gasteiger partial charge >= 0.3 is 0 Å². The zero-order valence-corrected chi connectivity index (χ0v) is 22.9. The van der Waals surface area contributed by atoms with Gasteiger partial charge in [0.15, 0.2) is 6.61 Å². The van der Waals surface area contributed by atoms with Crippen LogP contribution < -0.4 is 34.5 Å². The summed E-state index contributed by atoms with van der Waals surface area (Å²) in [5.74, 6) is 2.03. The number of methoxy groups -OCH3 is 2. The van der Waals surface area contributed by atoms with Crippen LogP contribution in [-0.4, -0.2) is 72.4 Å². The smallest absolute Gasteiger partial charge is 0.258 e. The summed E-state index contributed by atoms with van der Waals surface area (Å²) in [6.07, 6.45) is 3.07. The number of aryl methyl sites for hydroxylation is 1. The van der Waals surface area contributed by atoms with Crippen molar-refractivity contribution in [2.75, 3.05) is 38.8 Å². The van der Waals surface area contributed by atoms with Crippen LogP contribution >= 0.6 is 0 Å². The van der Waals surface area contributed by atoms with Crippen molar-refractivity contribution in [1.82, 2.24) is 25.2 Å². The Labute approximate surface area is 236 Å².